The molecule has 1 N–H and O–H groups in total. The number of rotatable bonds is 3. The number of amides is 2. The molecule has 0 unspecified atom stereocenters. The van der Waals surface area contributed by atoms with Gasteiger partial charge < -0.3 is 0 Å². The van der Waals surface area contributed by atoms with Crippen molar-refractivity contribution in [1.82, 2.24) is 10.4 Å². The van der Waals surface area contributed by atoms with E-state index < -0.39 is 22.3 Å². The van der Waals surface area contributed by atoms with E-state index in [1.807, 2.05) is 19.9 Å². The maximum absolute atomic E-state index is 13.0. The first-order valence-electron chi connectivity index (χ1n) is 8.48. The molecule has 27 heavy (non-hydrogen) atoms. The highest BCUT2D eigenvalue weighted by Gasteiger charge is 2.33. The number of hydrogen-bond donors (Lipinski definition) is 1. The molecular formula is C20H23N3O4. The van der Waals surface area contributed by atoms with Crippen molar-refractivity contribution in [2.45, 2.75) is 40.2 Å². The first kappa shape index (κ1) is 20.1. The number of benzene rings is 2. The Morgan fingerprint density at radius 3 is 2.22 bits per heavy atom. The van der Waals surface area contributed by atoms with Crippen molar-refractivity contribution in [2.24, 2.45) is 0 Å². The fourth-order valence-electron chi connectivity index (χ4n) is 2.51. The number of hydrazine groups is 1. The smallest absolute Gasteiger partial charge is 0.267 e. The van der Waals surface area contributed by atoms with Crippen LogP contribution < -0.4 is 5.43 Å². The van der Waals surface area contributed by atoms with Crippen molar-refractivity contribution in [2.75, 3.05) is 0 Å². The standard InChI is InChI=1S/C20H23N3O4/c1-13-10-11-15(12-14(13)2)18(24)21-22(20(3,4)5)19(25)16-8-6-7-9-17(16)23(26)27/h6-12H,1-5H3,(H,21,24). The third-order valence-electron chi connectivity index (χ3n) is 4.19. The third-order valence-corrected chi connectivity index (χ3v) is 4.19. The second-order valence-electron chi connectivity index (χ2n) is 7.33. The first-order chi connectivity index (χ1) is 12.5. The molecule has 0 atom stereocenters. The lowest BCUT2D eigenvalue weighted by molar-refractivity contribution is -0.385. The summed E-state index contributed by atoms with van der Waals surface area (Å²) in [5, 5.41) is 12.4. The van der Waals surface area contributed by atoms with E-state index in [-0.39, 0.29) is 11.3 Å². The molecule has 0 aliphatic carbocycles. The molecule has 0 aliphatic rings. The van der Waals surface area contributed by atoms with Gasteiger partial charge in [-0.15, -0.1) is 0 Å². The Kier molecular flexibility index (Phi) is 5.64. The van der Waals surface area contributed by atoms with Crippen molar-refractivity contribution in [1.29, 1.82) is 0 Å². The van der Waals surface area contributed by atoms with Crippen LogP contribution in [0, 0.1) is 24.0 Å². The largest absolute Gasteiger partial charge is 0.282 e. The van der Waals surface area contributed by atoms with Gasteiger partial charge in [0.25, 0.3) is 17.5 Å². The Morgan fingerprint density at radius 1 is 1.04 bits per heavy atom. The lowest BCUT2D eigenvalue weighted by atomic mass is 10.0. The van der Waals surface area contributed by atoms with Crippen LogP contribution in [0.4, 0.5) is 5.69 Å². The van der Waals surface area contributed by atoms with E-state index in [1.54, 1.807) is 39.0 Å². The summed E-state index contributed by atoms with van der Waals surface area (Å²) in [6, 6.07) is 10.9. The third kappa shape index (κ3) is 4.49. The monoisotopic (exact) mass is 369 g/mol. The average molecular weight is 369 g/mol. The van der Waals surface area contributed by atoms with E-state index in [0.717, 1.165) is 16.1 Å². The molecule has 2 amide bonds. The van der Waals surface area contributed by atoms with Gasteiger partial charge in [-0.2, -0.15) is 0 Å². The van der Waals surface area contributed by atoms with Crippen LogP contribution >= 0.6 is 0 Å². The van der Waals surface area contributed by atoms with Gasteiger partial charge >= 0.3 is 0 Å². The van der Waals surface area contributed by atoms with Gasteiger partial charge in [-0.25, -0.2) is 5.01 Å². The van der Waals surface area contributed by atoms with Crippen LogP contribution in [-0.4, -0.2) is 27.3 Å². The Labute approximate surface area is 158 Å². The molecule has 7 nitrogen and oxygen atoms in total. The van der Waals surface area contributed by atoms with E-state index in [2.05, 4.69) is 5.43 Å². The molecule has 0 fully saturated rings. The highest BCUT2D eigenvalue weighted by Crippen LogP contribution is 2.23. The Bertz CT molecular complexity index is 900. The number of nitrogens with zero attached hydrogens (tertiary/aromatic N) is 2. The zero-order valence-corrected chi connectivity index (χ0v) is 16.1. The van der Waals surface area contributed by atoms with Crippen LogP contribution in [0.1, 0.15) is 52.6 Å². The molecule has 0 radical (unpaired) electrons. The predicted octanol–water partition coefficient (Wildman–Crippen LogP) is 3.80. The molecule has 7 heteroatoms. The van der Waals surface area contributed by atoms with Crippen LogP contribution in [0.3, 0.4) is 0 Å². The normalized spacial score (nSPS) is 11.0. The fourth-order valence-corrected chi connectivity index (χ4v) is 2.51. The minimum Gasteiger partial charge on any atom is -0.267 e. The number of para-hydroxylation sites is 1. The number of nitro groups is 1. The van der Waals surface area contributed by atoms with Gasteiger partial charge in [-0.3, -0.25) is 25.1 Å². The van der Waals surface area contributed by atoms with E-state index in [1.165, 1.54) is 18.2 Å². The molecule has 0 spiro atoms. The molecule has 142 valence electrons. The summed E-state index contributed by atoms with van der Waals surface area (Å²) in [6.07, 6.45) is 0. The molecule has 2 aromatic carbocycles. The second kappa shape index (κ2) is 7.57. The molecule has 0 aromatic heterocycles. The molecular weight excluding hydrogens is 346 g/mol. The van der Waals surface area contributed by atoms with Gasteiger partial charge in [0.2, 0.25) is 0 Å². The number of aryl methyl sites for hydroxylation is 2. The highest BCUT2D eigenvalue weighted by atomic mass is 16.6. The number of nitrogens with one attached hydrogen (secondary N) is 1. The Morgan fingerprint density at radius 2 is 1.67 bits per heavy atom. The number of nitro benzene ring substituents is 1. The molecule has 0 saturated carbocycles. The minimum atomic E-state index is -0.795. The quantitative estimate of drug-likeness (QED) is 0.658. The van der Waals surface area contributed by atoms with Gasteiger partial charge in [0.05, 0.1) is 10.5 Å². The van der Waals surface area contributed by atoms with E-state index >= 15 is 0 Å². The fraction of sp³-hybridized carbons (Fsp3) is 0.300. The molecule has 0 aliphatic heterocycles. The summed E-state index contributed by atoms with van der Waals surface area (Å²) in [5.74, 6) is -1.10. The molecule has 0 saturated heterocycles. The Hall–Kier alpha value is -3.22. The first-order valence-corrected chi connectivity index (χ1v) is 8.48. The molecule has 2 rings (SSSR count). The number of hydrogen-bond acceptors (Lipinski definition) is 4. The van der Waals surface area contributed by atoms with Crippen LogP contribution in [0.5, 0.6) is 0 Å². The highest BCUT2D eigenvalue weighted by molar-refractivity contribution is 6.01. The van der Waals surface area contributed by atoms with Crippen molar-refractivity contribution >= 4 is 17.5 Å². The topological polar surface area (TPSA) is 92.6 Å². The van der Waals surface area contributed by atoms with Crippen molar-refractivity contribution < 1.29 is 14.5 Å². The van der Waals surface area contributed by atoms with Gasteiger partial charge in [-0.1, -0.05) is 18.2 Å². The average Bonchev–Trinajstić information content (AvgIpc) is 2.60. The van der Waals surface area contributed by atoms with Gasteiger partial charge in [0.1, 0.15) is 5.56 Å². The van der Waals surface area contributed by atoms with Crippen molar-refractivity contribution in [3.63, 3.8) is 0 Å². The molecule has 2 aromatic rings. The van der Waals surface area contributed by atoms with E-state index in [4.69, 9.17) is 0 Å². The lowest BCUT2D eigenvalue weighted by Gasteiger charge is -2.35. The summed E-state index contributed by atoms with van der Waals surface area (Å²) in [4.78, 5) is 36.3. The predicted molar refractivity (Wildman–Crippen MR) is 102 cm³/mol. The maximum Gasteiger partial charge on any atom is 0.282 e. The van der Waals surface area contributed by atoms with E-state index in [9.17, 15) is 19.7 Å². The zero-order chi connectivity index (χ0) is 20.4. The van der Waals surface area contributed by atoms with Gasteiger partial charge in [0.15, 0.2) is 0 Å². The lowest BCUT2D eigenvalue weighted by Crippen LogP contribution is -2.56. The minimum absolute atomic E-state index is 0.0854. The van der Waals surface area contributed by atoms with Gasteiger partial charge in [0, 0.05) is 11.6 Å². The number of carbonyl (C=O) groups excluding carboxylic acids is 2. The summed E-state index contributed by atoms with van der Waals surface area (Å²) in [5.41, 5.74) is 3.83. The number of carbonyl (C=O) groups is 2. The summed E-state index contributed by atoms with van der Waals surface area (Å²) < 4.78 is 0. The maximum atomic E-state index is 13.0. The van der Waals surface area contributed by atoms with Crippen LogP contribution in [-0.2, 0) is 0 Å². The summed E-state index contributed by atoms with van der Waals surface area (Å²) >= 11 is 0. The van der Waals surface area contributed by atoms with Crippen LogP contribution in [0.15, 0.2) is 42.5 Å². The summed E-state index contributed by atoms with van der Waals surface area (Å²) in [6.45, 7) is 9.05. The second-order valence-corrected chi connectivity index (χ2v) is 7.33. The molecule has 0 heterocycles. The SMILES string of the molecule is Cc1ccc(C(=O)NN(C(=O)c2ccccc2[N+](=O)[O-])C(C)(C)C)cc1C. The van der Waals surface area contributed by atoms with Crippen LogP contribution in [0.2, 0.25) is 0 Å². The molecule has 0 bridgehead atoms. The van der Waals surface area contributed by atoms with E-state index in [0.29, 0.717) is 5.56 Å². The van der Waals surface area contributed by atoms with Crippen molar-refractivity contribution in [3.05, 3.63) is 74.8 Å². The Balaban J connectivity index is 2.39. The van der Waals surface area contributed by atoms with Crippen molar-refractivity contribution in [3.8, 4) is 0 Å². The summed E-state index contributed by atoms with van der Waals surface area (Å²) in [7, 11) is 0. The zero-order valence-electron chi connectivity index (χ0n) is 16.1. The van der Waals surface area contributed by atoms with Crippen LogP contribution in [0.25, 0.3) is 0 Å². The van der Waals surface area contributed by atoms with Gasteiger partial charge in [-0.05, 0) is 63.9 Å².